The van der Waals surface area contributed by atoms with Gasteiger partial charge in [0, 0.05) is 60.1 Å². The van der Waals surface area contributed by atoms with E-state index in [4.69, 9.17) is 10.7 Å². The highest BCUT2D eigenvalue weighted by atomic mass is 15.1. The molecule has 10 heteroatoms. The molecule has 0 spiro atoms. The van der Waals surface area contributed by atoms with Gasteiger partial charge in [-0.25, -0.2) is 4.98 Å². The number of nitrogens with two attached hydrogens (primary N) is 1. The number of fused-ring (bicyclic) bond motifs is 2. The molecule has 0 aliphatic rings. The molecule has 6 rings (SSSR count). The number of pyridine rings is 3. The van der Waals surface area contributed by atoms with Crippen molar-refractivity contribution in [1.82, 2.24) is 40.4 Å². The molecule has 0 bridgehead atoms. The summed E-state index contributed by atoms with van der Waals surface area (Å²) in [6, 6.07) is 12.0. The van der Waals surface area contributed by atoms with Gasteiger partial charge in [0.15, 0.2) is 5.82 Å². The van der Waals surface area contributed by atoms with Crippen molar-refractivity contribution in [2.45, 2.75) is 0 Å². The maximum atomic E-state index is 5.64. The lowest BCUT2D eigenvalue weighted by atomic mass is 10.0. The molecule has 0 aliphatic heterocycles. The summed E-state index contributed by atoms with van der Waals surface area (Å²) in [6.45, 7) is 0. The van der Waals surface area contributed by atoms with E-state index in [-0.39, 0.29) is 0 Å². The molecular formula is C26H22N10. The fourth-order valence-electron chi connectivity index (χ4n) is 4.16. The van der Waals surface area contributed by atoms with E-state index in [0.29, 0.717) is 11.6 Å². The molecule has 0 saturated heterocycles. The van der Waals surface area contributed by atoms with E-state index in [9.17, 15) is 0 Å². The zero-order valence-corrected chi connectivity index (χ0v) is 19.3. The van der Waals surface area contributed by atoms with Gasteiger partial charge in [-0.1, -0.05) is 12.1 Å². The van der Waals surface area contributed by atoms with Gasteiger partial charge in [-0.05, 0) is 29.8 Å². The van der Waals surface area contributed by atoms with Crippen LogP contribution in [0, 0.1) is 0 Å². The SMILES string of the molecule is CN/C(=C/N)Nc1cncc(-c2ccc3[nH]nc(-c4nc5c(-c6cccnc6)cncc5[nH]4)c3c2)c1. The first-order valence-corrected chi connectivity index (χ1v) is 11.3. The summed E-state index contributed by atoms with van der Waals surface area (Å²) in [5.41, 5.74) is 13.6. The van der Waals surface area contributed by atoms with E-state index in [1.165, 1.54) is 6.20 Å². The van der Waals surface area contributed by atoms with Crippen LogP contribution in [0.4, 0.5) is 5.69 Å². The number of hydrogen-bond donors (Lipinski definition) is 5. The highest BCUT2D eigenvalue weighted by molar-refractivity contribution is 5.98. The Morgan fingerprint density at radius 3 is 2.64 bits per heavy atom. The second-order valence-corrected chi connectivity index (χ2v) is 8.16. The second kappa shape index (κ2) is 8.84. The average molecular weight is 475 g/mol. The summed E-state index contributed by atoms with van der Waals surface area (Å²) < 4.78 is 0. The molecule has 5 aromatic heterocycles. The number of hydrogen-bond acceptors (Lipinski definition) is 8. The van der Waals surface area contributed by atoms with Gasteiger partial charge in [0.05, 0.1) is 29.1 Å². The van der Waals surface area contributed by atoms with Crippen LogP contribution in [0.1, 0.15) is 0 Å². The first-order valence-electron chi connectivity index (χ1n) is 11.3. The quantitative estimate of drug-likeness (QED) is 0.243. The summed E-state index contributed by atoms with van der Waals surface area (Å²) >= 11 is 0. The lowest BCUT2D eigenvalue weighted by Crippen LogP contribution is -2.16. The number of aromatic nitrogens is 7. The Kier molecular flexibility index (Phi) is 5.23. The van der Waals surface area contributed by atoms with E-state index in [0.717, 1.165) is 55.6 Å². The molecule has 0 saturated carbocycles. The van der Waals surface area contributed by atoms with Crippen LogP contribution in [0.2, 0.25) is 0 Å². The van der Waals surface area contributed by atoms with Crippen LogP contribution in [0.25, 0.3) is 55.7 Å². The molecular weight excluding hydrogens is 452 g/mol. The van der Waals surface area contributed by atoms with Crippen LogP contribution in [0.5, 0.6) is 0 Å². The molecule has 0 unspecified atom stereocenters. The van der Waals surface area contributed by atoms with Crippen LogP contribution >= 0.6 is 0 Å². The number of benzene rings is 1. The van der Waals surface area contributed by atoms with Gasteiger partial charge in [0.25, 0.3) is 0 Å². The predicted molar refractivity (Wildman–Crippen MR) is 140 cm³/mol. The third-order valence-corrected chi connectivity index (χ3v) is 5.94. The molecule has 0 radical (unpaired) electrons. The Bertz CT molecular complexity index is 1720. The molecule has 176 valence electrons. The third kappa shape index (κ3) is 3.76. The lowest BCUT2D eigenvalue weighted by Gasteiger charge is -2.10. The number of nitrogens with one attached hydrogen (secondary N) is 4. The lowest BCUT2D eigenvalue weighted by molar-refractivity contribution is 0.986. The minimum Gasteiger partial charge on any atom is -0.402 e. The number of aromatic amines is 2. The second-order valence-electron chi connectivity index (χ2n) is 8.16. The monoisotopic (exact) mass is 474 g/mol. The highest BCUT2D eigenvalue weighted by Crippen LogP contribution is 2.33. The standard InChI is InChI=1S/C26H22N10/c1-28-23(9-27)32-18-7-17(11-30-12-18)15-4-5-21-19(8-15)25(36-35-21)26-33-22-14-31-13-20(24(22)34-26)16-3-2-6-29-10-16/h2-14,28,32H,27H2,1H3,(H,33,34)(H,35,36)/b23-9-. The third-order valence-electron chi connectivity index (χ3n) is 5.94. The van der Waals surface area contributed by atoms with Gasteiger partial charge >= 0.3 is 0 Å². The van der Waals surface area contributed by atoms with Crippen LogP contribution in [-0.2, 0) is 0 Å². The summed E-state index contributed by atoms with van der Waals surface area (Å²) in [5.74, 6) is 1.35. The summed E-state index contributed by atoms with van der Waals surface area (Å²) in [5, 5.41) is 14.8. The Morgan fingerprint density at radius 1 is 0.917 bits per heavy atom. The van der Waals surface area contributed by atoms with Gasteiger partial charge in [-0.15, -0.1) is 0 Å². The molecule has 0 fully saturated rings. The van der Waals surface area contributed by atoms with Crippen molar-refractivity contribution in [3.63, 3.8) is 0 Å². The Morgan fingerprint density at radius 2 is 1.81 bits per heavy atom. The van der Waals surface area contributed by atoms with Gasteiger partial charge in [0.1, 0.15) is 17.0 Å². The fraction of sp³-hybridized carbons (Fsp3) is 0.0385. The highest BCUT2D eigenvalue weighted by Gasteiger charge is 2.16. The first-order chi connectivity index (χ1) is 17.7. The topological polar surface area (TPSA) is 146 Å². The van der Waals surface area contributed by atoms with Crippen LogP contribution in [0.15, 0.2) is 85.6 Å². The molecule has 5 heterocycles. The van der Waals surface area contributed by atoms with Gasteiger partial charge in [0.2, 0.25) is 0 Å². The Balaban J connectivity index is 1.42. The molecule has 36 heavy (non-hydrogen) atoms. The van der Waals surface area contributed by atoms with Gasteiger partial charge in [-0.2, -0.15) is 5.10 Å². The van der Waals surface area contributed by atoms with Crippen LogP contribution in [-0.4, -0.2) is 42.2 Å². The zero-order chi connectivity index (χ0) is 24.5. The van der Waals surface area contributed by atoms with Gasteiger partial charge < -0.3 is 21.4 Å². The zero-order valence-electron chi connectivity index (χ0n) is 19.3. The smallest absolute Gasteiger partial charge is 0.159 e. The number of nitrogens with zero attached hydrogens (tertiary/aromatic N) is 5. The maximum absolute atomic E-state index is 5.64. The Hall–Kier alpha value is -5.25. The van der Waals surface area contributed by atoms with E-state index in [1.54, 1.807) is 38.0 Å². The Labute approximate surface area is 205 Å². The maximum Gasteiger partial charge on any atom is 0.159 e. The summed E-state index contributed by atoms with van der Waals surface area (Å²) in [7, 11) is 1.80. The van der Waals surface area contributed by atoms with Crippen molar-refractivity contribution < 1.29 is 0 Å². The number of rotatable bonds is 6. The summed E-state index contributed by atoms with van der Waals surface area (Å²) in [6.07, 6.45) is 12.2. The van der Waals surface area contributed by atoms with Crippen LogP contribution < -0.4 is 16.4 Å². The molecule has 0 atom stereocenters. The van der Waals surface area contributed by atoms with Crippen molar-refractivity contribution >= 4 is 27.6 Å². The van der Waals surface area contributed by atoms with Crippen LogP contribution in [0.3, 0.4) is 0 Å². The largest absolute Gasteiger partial charge is 0.402 e. The van der Waals surface area contributed by atoms with Crippen molar-refractivity contribution in [2.75, 3.05) is 12.4 Å². The molecule has 1 aromatic carbocycles. The normalized spacial score (nSPS) is 11.8. The van der Waals surface area contributed by atoms with Crippen molar-refractivity contribution in [3.8, 4) is 33.8 Å². The molecule has 6 aromatic rings. The van der Waals surface area contributed by atoms with Crippen molar-refractivity contribution in [2.24, 2.45) is 5.73 Å². The predicted octanol–water partition coefficient (Wildman–Crippen LogP) is 4.01. The molecule has 10 nitrogen and oxygen atoms in total. The fourth-order valence-corrected chi connectivity index (χ4v) is 4.16. The number of anilines is 1. The number of H-pyrrole nitrogens is 2. The van der Waals surface area contributed by atoms with E-state index in [1.807, 2.05) is 36.5 Å². The van der Waals surface area contributed by atoms with E-state index < -0.39 is 0 Å². The van der Waals surface area contributed by atoms with Gasteiger partial charge in [-0.3, -0.25) is 20.1 Å². The molecule has 6 N–H and O–H groups in total. The average Bonchev–Trinajstić information content (AvgIpc) is 3.56. The molecule has 0 aliphatic carbocycles. The number of imidazole rings is 1. The minimum atomic E-state index is 0.659. The summed E-state index contributed by atoms with van der Waals surface area (Å²) in [4.78, 5) is 21.3. The van der Waals surface area contributed by atoms with E-state index >= 15 is 0 Å². The molecule has 0 amide bonds. The first kappa shape index (κ1) is 21.3. The van der Waals surface area contributed by atoms with Crippen molar-refractivity contribution in [3.05, 3.63) is 85.6 Å². The minimum absolute atomic E-state index is 0.659. The van der Waals surface area contributed by atoms with Crippen molar-refractivity contribution in [1.29, 1.82) is 0 Å². The van der Waals surface area contributed by atoms with E-state index in [2.05, 4.69) is 46.8 Å².